The zero-order chi connectivity index (χ0) is 28.3. The van der Waals surface area contributed by atoms with E-state index in [1.165, 1.54) is 21.9 Å². The third-order valence-electron chi connectivity index (χ3n) is 8.43. The van der Waals surface area contributed by atoms with Crippen molar-refractivity contribution in [3.8, 4) is 11.1 Å². The van der Waals surface area contributed by atoms with Crippen LogP contribution in [0.15, 0.2) is 160 Å². The summed E-state index contributed by atoms with van der Waals surface area (Å²) in [7, 11) is 0. The van der Waals surface area contributed by atoms with Crippen LogP contribution in [0.2, 0.25) is 0 Å². The van der Waals surface area contributed by atoms with Crippen molar-refractivity contribution in [3.05, 3.63) is 152 Å². The highest BCUT2D eigenvalue weighted by Gasteiger charge is 2.19. The molecule has 9 rings (SSSR count). The van der Waals surface area contributed by atoms with Gasteiger partial charge in [0, 0.05) is 33.2 Å². The van der Waals surface area contributed by atoms with Crippen molar-refractivity contribution in [2.75, 3.05) is 4.90 Å². The molecule has 0 saturated carbocycles. The third-order valence-corrected chi connectivity index (χ3v) is 8.43. The van der Waals surface area contributed by atoms with Crippen LogP contribution < -0.4 is 4.90 Å². The lowest BCUT2D eigenvalue weighted by Crippen LogP contribution is -2.09. The second-order valence-electron chi connectivity index (χ2n) is 11.0. The maximum Gasteiger partial charge on any atom is 0.147 e. The van der Waals surface area contributed by atoms with Gasteiger partial charge in [0.15, 0.2) is 0 Å². The quantitative estimate of drug-likeness (QED) is 0.218. The Morgan fingerprint density at radius 2 is 1.00 bits per heavy atom. The molecule has 3 nitrogen and oxygen atoms in total. The van der Waals surface area contributed by atoms with Gasteiger partial charge < -0.3 is 13.7 Å². The van der Waals surface area contributed by atoms with E-state index in [1.807, 2.05) is 6.07 Å². The lowest BCUT2D eigenvalue weighted by atomic mass is 10.0. The molecule has 0 bridgehead atoms. The van der Waals surface area contributed by atoms with Gasteiger partial charge in [0.25, 0.3) is 0 Å². The van der Waals surface area contributed by atoms with Crippen molar-refractivity contribution in [1.82, 2.24) is 0 Å². The van der Waals surface area contributed by atoms with Crippen molar-refractivity contribution < 1.29 is 8.83 Å². The molecule has 0 fully saturated rings. The first-order valence-electron chi connectivity index (χ1n) is 14.5. The lowest BCUT2D eigenvalue weighted by Gasteiger charge is -2.25. The average Bonchev–Trinajstić information content (AvgIpc) is 3.62. The van der Waals surface area contributed by atoms with Crippen LogP contribution in [0.5, 0.6) is 0 Å². The van der Waals surface area contributed by atoms with Crippen molar-refractivity contribution in [2.24, 2.45) is 0 Å². The molecule has 0 aliphatic rings. The number of nitrogens with zero attached hydrogens (tertiary/aromatic N) is 1. The highest BCUT2D eigenvalue weighted by atomic mass is 16.3. The second-order valence-corrected chi connectivity index (χ2v) is 11.0. The number of rotatable bonds is 4. The smallest absolute Gasteiger partial charge is 0.147 e. The molecule has 0 atom stereocenters. The summed E-state index contributed by atoms with van der Waals surface area (Å²) in [5.41, 5.74) is 9.01. The molecule has 2 heterocycles. The highest BCUT2D eigenvalue weighted by molar-refractivity contribution is 6.23. The Hall–Kier alpha value is -5.80. The van der Waals surface area contributed by atoms with Gasteiger partial charge in [-0.1, -0.05) is 84.9 Å². The van der Waals surface area contributed by atoms with Crippen LogP contribution in [0.4, 0.5) is 17.1 Å². The molecule has 7 aromatic carbocycles. The van der Waals surface area contributed by atoms with E-state index in [4.69, 9.17) is 8.83 Å². The molecule has 0 amide bonds. The Bertz CT molecular complexity index is 2440. The zero-order valence-electron chi connectivity index (χ0n) is 23.2. The summed E-state index contributed by atoms with van der Waals surface area (Å²) in [4.78, 5) is 2.29. The minimum Gasteiger partial charge on any atom is -0.456 e. The molecular formula is C40H25NO2. The molecule has 0 spiro atoms. The Morgan fingerprint density at radius 3 is 1.79 bits per heavy atom. The number of fused-ring (bicyclic) bond motifs is 8. The van der Waals surface area contributed by atoms with Crippen molar-refractivity contribution in [3.63, 3.8) is 0 Å². The van der Waals surface area contributed by atoms with E-state index in [9.17, 15) is 0 Å². The largest absolute Gasteiger partial charge is 0.456 e. The standard InChI is InChI=1S/C40H25NO2/c1-3-9-26(10-4-1)27-15-17-31(18-16-27)41(30-13-5-2-6-14-30)32-19-21-36-35(25-32)39-37(42-36)22-20-33-34-23-28-11-7-8-12-29(28)24-38(34)43-40(33)39/h1-25H. The van der Waals surface area contributed by atoms with Gasteiger partial charge in [-0.3, -0.25) is 0 Å². The zero-order valence-corrected chi connectivity index (χ0v) is 23.2. The van der Waals surface area contributed by atoms with E-state index in [0.29, 0.717) is 0 Å². The Labute approximate surface area is 247 Å². The first kappa shape index (κ1) is 23.9. The Kier molecular flexibility index (Phi) is 5.20. The van der Waals surface area contributed by atoms with E-state index < -0.39 is 0 Å². The van der Waals surface area contributed by atoms with Crippen molar-refractivity contribution >= 4 is 71.7 Å². The fraction of sp³-hybridized carbons (Fsp3) is 0. The molecule has 2 aromatic heterocycles. The van der Waals surface area contributed by atoms with Crippen LogP contribution in [0, 0.1) is 0 Å². The van der Waals surface area contributed by atoms with E-state index in [1.54, 1.807) is 0 Å². The van der Waals surface area contributed by atoms with Crippen LogP contribution in [-0.4, -0.2) is 0 Å². The summed E-state index contributed by atoms with van der Waals surface area (Å²) in [6.45, 7) is 0. The maximum absolute atomic E-state index is 6.59. The molecular weight excluding hydrogens is 526 g/mol. The fourth-order valence-electron chi connectivity index (χ4n) is 6.36. The van der Waals surface area contributed by atoms with E-state index >= 15 is 0 Å². The fourth-order valence-corrected chi connectivity index (χ4v) is 6.36. The van der Waals surface area contributed by atoms with Gasteiger partial charge in [0.05, 0.1) is 5.39 Å². The van der Waals surface area contributed by atoms with E-state index in [0.717, 1.165) is 60.9 Å². The topological polar surface area (TPSA) is 29.5 Å². The average molecular weight is 552 g/mol. The number of furan rings is 2. The van der Waals surface area contributed by atoms with Crippen molar-refractivity contribution in [1.29, 1.82) is 0 Å². The molecule has 0 N–H and O–H groups in total. The molecule has 43 heavy (non-hydrogen) atoms. The third kappa shape index (κ3) is 3.83. The molecule has 0 aliphatic carbocycles. The molecule has 0 unspecified atom stereocenters. The summed E-state index contributed by atoms with van der Waals surface area (Å²) in [5, 5.41) is 6.62. The molecule has 3 heteroatoms. The van der Waals surface area contributed by atoms with Gasteiger partial charge in [-0.05, 0) is 88.6 Å². The van der Waals surface area contributed by atoms with Crippen LogP contribution in [0.1, 0.15) is 0 Å². The molecule has 0 aliphatic heterocycles. The van der Waals surface area contributed by atoms with Crippen LogP contribution in [-0.2, 0) is 0 Å². The summed E-state index contributed by atoms with van der Waals surface area (Å²) in [5.74, 6) is 0. The van der Waals surface area contributed by atoms with Crippen LogP contribution in [0.25, 0.3) is 65.8 Å². The van der Waals surface area contributed by atoms with Gasteiger partial charge >= 0.3 is 0 Å². The normalized spacial score (nSPS) is 11.7. The van der Waals surface area contributed by atoms with Gasteiger partial charge in [-0.2, -0.15) is 0 Å². The number of para-hydroxylation sites is 1. The second kappa shape index (κ2) is 9.37. The predicted octanol–water partition coefficient (Wildman–Crippen LogP) is 11.8. The van der Waals surface area contributed by atoms with E-state index in [2.05, 4.69) is 150 Å². The summed E-state index contributed by atoms with van der Waals surface area (Å²) < 4.78 is 13.0. The number of benzene rings is 7. The van der Waals surface area contributed by atoms with Gasteiger partial charge in [-0.25, -0.2) is 0 Å². The maximum atomic E-state index is 6.59. The Morgan fingerprint density at radius 1 is 0.372 bits per heavy atom. The minimum atomic E-state index is 0.821. The van der Waals surface area contributed by atoms with Crippen molar-refractivity contribution in [2.45, 2.75) is 0 Å². The summed E-state index contributed by atoms with van der Waals surface area (Å²) >= 11 is 0. The summed E-state index contributed by atoms with van der Waals surface area (Å²) in [6, 6.07) is 53.1. The molecule has 0 saturated heterocycles. The highest BCUT2D eigenvalue weighted by Crippen LogP contribution is 2.43. The SMILES string of the molecule is c1ccc(-c2ccc(N(c3ccccc3)c3ccc4oc5ccc6c7cc8ccccc8cc7oc6c5c4c3)cc2)cc1. The molecule has 0 radical (unpaired) electrons. The Balaban J connectivity index is 1.25. The van der Waals surface area contributed by atoms with E-state index in [-0.39, 0.29) is 0 Å². The predicted molar refractivity (Wildman–Crippen MR) is 179 cm³/mol. The minimum absolute atomic E-state index is 0.821. The number of hydrogen-bond donors (Lipinski definition) is 0. The lowest BCUT2D eigenvalue weighted by molar-refractivity contribution is 0.663. The molecule has 9 aromatic rings. The number of anilines is 3. The van der Waals surface area contributed by atoms with Crippen LogP contribution >= 0.6 is 0 Å². The molecule has 202 valence electrons. The van der Waals surface area contributed by atoms with Gasteiger partial charge in [0.2, 0.25) is 0 Å². The number of hydrogen-bond acceptors (Lipinski definition) is 3. The first-order valence-corrected chi connectivity index (χ1v) is 14.5. The monoisotopic (exact) mass is 551 g/mol. The first-order chi connectivity index (χ1) is 21.3. The van der Waals surface area contributed by atoms with Gasteiger partial charge in [0.1, 0.15) is 22.3 Å². The van der Waals surface area contributed by atoms with Gasteiger partial charge in [-0.15, -0.1) is 0 Å². The summed E-state index contributed by atoms with van der Waals surface area (Å²) in [6.07, 6.45) is 0. The van der Waals surface area contributed by atoms with Crippen LogP contribution in [0.3, 0.4) is 0 Å².